The number of para-hydroxylation sites is 1. The van der Waals surface area contributed by atoms with E-state index in [0.717, 1.165) is 43.9 Å². The third-order valence-corrected chi connectivity index (χ3v) is 8.17. The topological polar surface area (TPSA) is 75.0 Å². The minimum absolute atomic E-state index is 0.436. The Labute approximate surface area is 260 Å². The minimum atomic E-state index is -0.438. The van der Waals surface area contributed by atoms with Gasteiger partial charge in [0.15, 0.2) is 0 Å². The van der Waals surface area contributed by atoms with Crippen LogP contribution < -0.4 is 26.5 Å². The van der Waals surface area contributed by atoms with Crippen LogP contribution in [0, 0.1) is 11.8 Å². The number of aliphatic imine (C=N–C) groups is 1. The Balaban J connectivity index is 1.15. The molecule has 0 spiro atoms. The Morgan fingerprint density at radius 1 is 1.16 bits per heavy atom. The van der Waals surface area contributed by atoms with E-state index in [1.807, 2.05) is 18.2 Å². The molecule has 0 atom stereocenters. The monoisotopic (exact) mass is 610 g/mol. The van der Waals surface area contributed by atoms with E-state index < -0.39 is 5.69 Å². The Kier molecular flexibility index (Phi) is 8.82. The Hall–Kier alpha value is -4.07. The maximum absolute atomic E-state index is 13.3. The minimum Gasteiger partial charge on any atom is -0.375 e. The summed E-state index contributed by atoms with van der Waals surface area (Å²) in [6, 6.07) is 14.0. The van der Waals surface area contributed by atoms with Gasteiger partial charge < -0.3 is 15.0 Å². The number of fused-ring (bicyclic) bond motifs is 5. The molecule has 43 heavy (non-hydrogen) atoms. The first-order chi connectivity index (χ1) is 21.0. The number of piperazine rings is 1. The van der Waals surface area contributed by atoms with Crippen LogP contribution in [-0.2, 0) is 11.2 Å². The van der Waals surface area contributed by atoms with E-state index in [-0.39, 0.29) is 0 Å². The van der Waals surface area contributed by atoms with E-state index in [0.29, 0.717) is 64.6 Å². The van der Waals surface area contributed by atoms with Crippen molar-refractivity contribution >= 4 is 58.8 Å². The molecule has 3 aliphatic rings. The van der Waals surface area contributed by atoms with Gasteiger partial charge in [0.05, 0.1) is 40.1 Å². The average Bonchev–Trinajstić information content (AvgIpc) is 3.01. The number of nitrogens with one attached hydrogen (secondary N) is 1. The second-order valence-electron chi connectivity index (χ2n) is 10.5. The van der Waals surface area contributed by atoms with Gasteiger partial charge in [0.2, 0.25) is 0 Å². The van der Waals surface area contributed by atoms with E-state index >= 15 is 0 Å². The number of anilines is 2. The first-order valence-electron chi connectivity index (χ1n) is 14.2. The second kappa shape index (κ2) is 13.1. The van der Waals surface area contributed by atoms with Crippen LogP contribution in [-0.4, -0.2) is 71.6 Å². The fourth-order valence-electron chi connectivity index (χ4n) is 5.49. The maximum atomic E-state index is 13.3. The van der Waals surface area contributed by atoms with E-state index in [1.54, 1.807) is 17.6 Å². The lowest BCUT2D eigenvalue weighted by Crippen LogP contribution is -2.47. The highest BCUT2D eigenvalue weighted by Gasteiger charge is 2.20. The summed E-state index contributed by atoms with van der Waals surface area (Å²) in [6.45, 7) is 10.4. The first-order valence-corrected chi connectivity index (χ1v) is 15.1. The van der Waals surface area contributed by atoms with Crippen LogP contribution in [0.25, 0.3) is 18.0 Å². The van der Waals surface area contributed by atoms with Crippen molar-refractivity contribution in [3.63, 3.8) is 0 Å². The lowest BCUT2D eigenvalue weighted by Gasteiger charge is -2.36. The fourth-order valence-corrected chi connectivity index (χ4v) is 5.85. The number of ether oxygens (including phenoxy) is 1. The van der Waals surface area contributed by atoms with E-state index in [2.05, 4.69) is 67.8 Å². The standard InChI is InChI=1S/C33H31ClN6O2S/c1-23(21-24-9-11-26(12-10-24)39-15-13-38(14-16-39)17-18-42-19-20-43)31-35-22-27-29-8-3-2-5-25-6-4-7-28(34)30(25)40(29)33(41)37-32(27)36-31/h4,6-12,20,22H,1,3,13-19,21H2,(H,35,36,37,41). The number of aromatic nitrogens is 2. The lowest BCUT2D eigenvalue weighted by atomic mass is 10.0. The number of thiocarbonyl (C=S) groups is 1. The molecule has 1 aromatic heterocycles. The zero-order valence-electron chi connectivity index (χ0n) is 23.7. The molecule has 0 amide bonds. The molecule has 1 fully saturated rings. The largest absolute Gasteiger partial charge is 0.375 e. The highest BCUT2D eigenvalue weighted by Crippen LogP contribution is 2.23. The SMILES string of the molecule is C=C(Cc1ccc(N2CCN(CCOCC=S)CC2)cc1)C1=NC=c2c(nc(=O)n3c2=CCC#Cc2cccc(Cl)c2-3)N1. The number of amidine groups is 1. The van der Waals surface area contributed by atoms with Gasteiger partial charge in [-0.3, -0.25) is 9.47 Å². The van der Waals surface area contributed by atoms with Gasteiger partial charge in [-0.05, 0) is 41.5 Å². The molecular formula is C33H31ClN6O2S. The molecular weight excluding hydrogens is 580 g/mol. The Morgan fingerprint density at radius 3 is 2.77 bits per heavy atom. The van der Waals surface area contributed by atoms with Crippen molar-refractivity contribution in [2.45, 2.75) is 12.8 Å². The summed E-state index contributed by atoms with van der Waals surface area (Å²) in [5.74, 6) is 7.27. The fraction of sp³-hybridized carbons (Fsp3) is 0.273. The molecule has 2 aromatic carbocycles. The molecule has 4 heterocycles. The Morgan fingerprint density at radius 2 is 1.98 bits per heavy atom. The molecule has 1 N–H and O–H groups in total. The highest BCUT2D eigenvalue weighted by molar-refractivity contribution is 7.79. The first kappa shape index (κ1) is 29.0. The molecule has 218 valence electrons. The van der Waals surface area contributed by atoms with Crippen LogP contribution >= 0.6 is 23.8 Å². The van der Waals surface area contributed by atoms with Crippen LogP contribution in [0.15, 0.2) is 64.4 Å². The normalized spacial score (nSPS) is 15.5. The summed E-state index contributed by atoms with van der Waals surface area (Å²) in [6.07, 6.45) is 4.74. The van der Waals surface area contributed by atoms with Crippen LogP contribution in [0.2, 0.25) is 5.02 Å². The lowest BCUT2D eigenvalue weighted by molar-refractivity contribution is 0.129. The van der Waals surface area contributed by atoms with Gasteiger partial charge in [-0.25, -0.2) is 9.79 Å². The summed E-state index contributed by atoms with van der Waals surface area (Å²) in [5, 5.41) is 6.67. The van der Waals surface area contributed by atoms with Crippen LogP contribution in [0.1, 0.15) is 17.5 Å². The van der Waals surface area contributed by atoms with Gasteiger partial charge >= 0.3 is 5.69 Å². The molecule has 10 heteroatoms. The van der Waals surface area contributed by atoms with Crippen molar-refractivity contribution in [1.29, 1.82) is 0 Å². The third kappa shape index (κ3) is 6.33. The number of hydrogen-bond acceptors (Lipinski definition) is 8. The zero-order chi connectivity index (χ0) is 29.8. The number of hydrogen-bond donors (Lipinski definition) is 1. The quantitative estimate of drug-likeness (QED) is 0.227. The smallest absolute Gasteiger partial charge is 0.354 e. The van der Waals surface area contributed by atoms with E-state index in [4.69, 9.17) is 28.6 Å². The van der Waals surface area contributed by atoms with Crippen molar-refractivity contribution < 1.29 is 4.74 Å². The molecule has 0 aliphatic carbocycles. The predicted molar refractivity (Wildman–Crippen MR) is 178 cm³/mol. The summed E-state index contributed by atoms with van der Waals surface area (Å²) in [4.78, 5) is 27.2. The summed E-state index contributed by atoms with van der Waals surface area (Å²) >= 11 is 11.3. The van der Waals surface area contributed by atoms with Gasteiger partial charge in [-0.1, -0.05) is 60.4 Å². The number of benzene rings is 2. The van der Waals surface area contributed by atoms with Crippen LogP contribution in [0.3, 0.4) is 0 Å². The van der Waals surface area contributed by atoms with Crippen LogP contribution in [0.5, 0.6) is 0 Å². The summed E-state index contributed by atoms with van der Waals surface area (Å²) < 4.78 is 7.01. The summed E-state index contributed by atoms with van der Waals surface area (Å²) in [7, 11) is 0. The molecule has 0 radical (unpaired) electrons. The maximum Gasteiger partial charge on any atom is 0.354 e. The van der Waals surface area contributed by atoms with Gasteiger partial charge in [0.25, 0.3) is 0 Å². The molecule has 3 aromatic rings. The molecule has 1 saturated heterocycles. The molecule has 6 rings (SSSR count). The van der Waals surface area contributed by atoms with Gasteiger partial charge in [-0.2, -0.15) is 4.98 Å². The number of halogens is 1. The Bertz CT molecular complexity index is 1850. The van der Waals surface area contributed by atoms with E-state index in [9.17, 15) is 4.79 Å². The molecule has 0 bridgehead atoms. The zero-order valence-corrected chi connectivity index (χ0v) is 25.3. The third-order valence-electron chi connectivity index (χ3n) is 7.73. The van der Waals surface area contributed by atoms with Crippen molar-refractivity contribution in [2.24, 2.45) is 4.99 Å². The molecule has 8 nitrogen and oxygen atoms in total. The predicted octanol–water partition coefficient (Wildman–Crippen LogP) is 2.92. The van der Waals surface area contributed by atoms with E-state index in [1.165, 1.54) is 10.3 Å². The van der Waals surface area contributed by atoms with Crippen molar-refractivity contribution in [1.82, 2.24) is 14.5 Å². The van der Waals surface area contributed by atoms with Crippen LogP contribution in [0.4, 0.5) is 11.5 Å². The summed E-state index contributed by atoms with van der Waals surface area (Å²) in [5.41, 5.74) is 3.92. The molecule has 3 aliphatic heterocycles. The molecule has 0 unspecified atom stereocenters. The van der Waals surface area contributed by atoms with Crippen molar-refractivity contribution in [2.75, 3.05) is 56.2 Å². The number of nitrogens with zero attached hydrogens (tertiary/aromatic N) is 5. The van der Waals surface area contributed by atoms with Gasteiger partial charge in [0, 0.05) is 62.8 Å². The van der Waals surface area contributed by atoms with Crippen molar-refractivity contribution in [3.05, 3.63) is 91.8 Å². The second-order valence-corrected chi connectivity index (χ2v) is 11.2. The van der Waals surface area contributed by atoms with Crippen molar-refractivity contribution in [3.8, 4) is 17.5 Å². The van der Waals surface area contributed by atoms with Gasteiger partial charge in [-0.15, -0.1) is 0 Å². The highest BCUT2D eigenvalue weighted by atomic mass is 35.5. The molecule has 0 saturated carbocycles. The van der Waals surface area contributed by atoms with Gasteiger partial charge in [0.1, 0.15) is 11.7 Å². The number of rotatable bonds is 9. The average molecular weight is 611 g/mol.